The maximum atomic E-state index is 11.4. The summed E-state index contributed by atoms with van der Waals surface area (Å²) < 4.78 is 5.32. The van der Waals surface area contributed by atoms with E-state index in [0.29, 0.717) is 19.3 Å². The van der Waals surface area contributed by atoms with E-state index in [9.17, 15) is 9.59 Å². The van der Waals surface area contributed by atoms with Crippen LogP contribution in [-0.4, -0.2) is 17.9 Å². The quantitative estimate of drug-likeness (QED) is 0.658. The molecule has 3 heteroatoms. The number of Topliss-reactive ketones (excluding diaryl/α,β-unsaturated/α-hetero) is 1. The lowest BCUT2D eigenvalue weighted by molar-refractivity contribution is -0.150. The van der Waals surface area contributed by atoms with Crippen LogP contribution < -0.4 is 0 Å². The Bertz CT molecular complexity index is 217. The predicted molar refractivity (Wildman–Crippen MR) is 57.5 cm³/mol. The molecule has 0 atom stereocenters. The van der Waals surface area contributed by atoms with Crippen LogP contribution in [0.15, 0.2) is 0 Å². The highest BCUT2D eigenvalue weighted by molar-refractivity contribution is 5.76. The van der Waals surface area contributed by atoms with Crippen molar-refractivity contribution in [2.24, 2.45) is 0 Å². The fraction of sp³-hybridized carbons (Fsp3) is 0.833. The Morgan fingerprint density at radius 1 is 1.13 bits per heavy atom. The molecule has 1 fully saturated rings. The van der Waals surface area contributed by atoms with Gasteiger partial charge in [0.2, 0.25) is 0 Å². The molecule has 15 heavy (non-hydrogen) atoms. The molecule has 86 valence electrons. The van der Waals surface area contributed by atoms with Gasteiger partial charge in [-0.15, -0.1) is 0 Å². The van der Waals surface area contributed by atoms with Crippen molar-refractivity contribution in [2.75, 3.05) is 0 Å². The van der Waals surface area contributed by atoms with E-state index < -0.39 is 0 Å². The highest BCUT2D eigenvalue weighted by Crippen LogP contribution is 2.20. The summed E-state index contributed by atoms with van der Waals surface area (Å²) in [7, 11) is 0. The smallest absolute Gasteiger partial charge is 0.306 e. The van der Waals surface area contributed by atoms with E-state index in [1.54, 1.807) is 6.92 Å². The summed E-state index contributed by atoms with van der Waals surface area (Å²) in [5.74, 6) is 0.00335. The molecule has 1 aliphatic rings. The second-order valence-corrected chi connectivity index (χ2v) is 4.31. The van der Waals surface area contributed by atoms with Crippen molar-refractivity contribution in [1.29, 1.82) is 0 Å². The summed E-state index contributed by atoms with van der Waals surface area (Å²) in [6, 6.07) is 0. The third kappa shape index (κ3) is 5.55. The Hall–Kier alpha value is -0.860. The lowest BCUT2D eigenvalue weighted by Crippen LogP contribution is -2.20. The average Bonchev–Trinajstić information content (AvgIpc) is 2.18. The van der Waals surface area contributed by atoms with E-state index in [1.807, 2.05) is 0 Å². The van der Waals surface area contributed by atoms with E-state index in [0.717, 1.165) is 12.8 Å². The summed E-state index contributed by atoms with van der Waals surface area (Å²) in [5, 5.41) is 0. The van der Waals surface area contributed by atoms with Crippen LogP contribution in [0.4, 0.5) is 0 Å². The number of hydrogen-bond donors (Lipinski definition) is 0. The molecule has 0 amide bonds. The molecular formula is C12H20O3. The van der Waals surface area contributed by atoms with Crippen LogP contribution in [0.2, 0.25) is 0 Å². The zero-order chi connectivity index (χ0) is 11.1. The van der Waals surface area contributed by atoms with Crippen LogP contribution in [0.5, 0.6) is 0 Å². The van der Waals surface area contributed by atoms with Crippen LogP contribution in [0.1, 0.15) is 58.3 Å². The number of carbonyl (C=O) groups is 2. The van der Waals surface area contributed by atoms with Crippen LogP contribution in [-0.2, 0) is 14.3 Å². The van der Waals surface area contributed by atoms with Gasteiger partial charge < -0.3 is 9.53 Å². The van der Waals surface area contributed by atoms with Crippen LogP contribution in [0.25, 0.3) is 0 Å². The Morgan fingerprint density at radius 2 is 1.80 bits per heavy atom. The highest BCUT2D eigenvalue weighted by atomic mass is 16.5. The van der Waals surface area contributed by atoms with Crippen molar-refractivity contribution in [2.45, 2.75) is 64.4 Å². The molecule has 3 nitrogen and oxygen atoms in total. The second kappa shape index (κ2) is 6.59. The molecule has 0 bridgehead atoms. The first kappa shape index (κ1) is 12.2. The second-order valence-electron chi connectivity index (χ2n) is 4.31. The zero-order valence-corrected chi connectivity index (χ0v) is 9.46. The number of ether oxygens (including phenoxy) is 1. The van der Waals surface area contributed by atoms with Crippen molar-refractivity contribution < 1.29 is 14.3 Å². The molecule has 1 saturated carbocycles. The molecule has 0 aliphatic heterocycles. The van der Waals surface area contributed by atoms with Gasteiger partial charge in [0.15, 0.2) is 0 Å². The maximum absolute atomic E-state index is 11.4. The number of esters is 1. The van der Waals surface area contributed by atoms with E-state index >= 15 is 0 Å². The van der Waals surface area contributed by atoms with Gasteiger partial charge in [-0.05, 0) is 39.0 Å². The largest absolute Gasteiger partial charge is 0.462 e. The minimum atomic E-state index is -0.136. The predicted octanol–water partition coefficient (Wildman–Crippen LogP) is 2.62. The van der Waals surface area contributed by atoms with Gasteiger partial charge in [0, 0.05) is 12.8 Å². The van der Waals surface area contributed by atoms with Crippen molar-refractivity contribution >= 4 is 11.8 Å². The molecule has 1 rings (SSSR count). The topological polar surface area (TPSA) is 43.4 Å². The number of ketones is 1. The fourth-order valence-corrected chi connectivity index (χ4v) is 1.91. The van der Waals surface area contributed by atoms with Gasteiger partial charge in [0.1, 0.15) is 11.9 Å². The van der Waals surface area contributed by atoms with Crippen molar-refractivity contribution in [3.05, 3.63) is 0 Å². The number of carbonyl (C=O) groups excluding carboxylic acids is 2. The first-order chi connectivity index (χ1) is 7.18. The van der Waals surface area contributed by atoms with Crippen LogP contribution >= 0.6 is 0 Å². The number of hydrogen-bond acceptors (Lipinski definition) is 3. The monoisotopic (exact) mass is 212 g/mol. The maximum Gasteiger partial charge on any atom is 0.306 e. The molecular weight excluding hydrogens is 192 g/mol. The van der Waals surface area contributed by atoms with Crippen LogP contribution in [0.3, 0.4) is 0 Å². The van der Waals surface area contributed by atoms with Gasteiger partial charge in [0.05, 0.1) is 0 Å². The molecule has 0 aromatic carbocycles. The molecule has 0 aromatic heterocycles. The third-order valence-electron chi connectivity index (χ3n) is 2.76. The van der Waals surface area contributed by atoms with Gasteiger partial charge in [-0.1, -0.05) is 6.42 Å². The van der Waals surface area contributed by atoms with Crippen LogP contribution in [0, 0.1) is 0 Å². The van der Waals surface area contributed by atoms with E-state index in [1.165, 1.54) is 19.3 Å². The Morgan fingerprint density at radius 3 is 2.40 bits per heavy atom. The Kier molecular flexibility index (Phi) is 5.37. The Balaban J connectivity index is 2.09. The molecule has 0 heterocycles. The summed E-state index contributed by atoms with van der Waals surface area (Å²) in [4.78, 5) is 22.0. The summed E-state index contributed by atoms with van der Waals surface area (Å²) in [6.45, 7) is 1.55. The van der Waals surface area contributed by atoms with Gasteiger partial charge in [-0.3, -0.25) is 4.79 Å². The lowest BCUT2D eigenvalue weighted by atomic mass is 9.98. The van der Waals surface area contributed by atoms with E-state index in [-0.39, 0.29) is 17.9 Å². The first-order valence-corrected chi connectivity index (χ1v) is 5.87. The minimum Gasteiger partial charge on any atom is -0.462 e. The molecule has 0 radical (unpaired) electrons. The first-order valence-electron chi connectivity index (χ1n) is 5.87. The van der Waals surface area contributed by atoms with Crippen molar-refractivity contribution in [3.63, 3.8) is 0 Å². The summed E-state index contributed by atoms with van der Waals surface area (Å²) >= 11 is 0. The molecule has 0 saturated heterocycles. The standard InChI is InChI=1S/C12H20O3/c1-10(13)6-5-9-12(14)15-11-7-3-2-4-8-11/h11H,2-9H2,1H3. The highest BCUT2D eigenvalue weighted by Gasteiger charge is 2.17. The molecule has 1 aliphatic carbocycles. The minimum absolute atomic E-state index is 0.136. The van der Waals surface area contributed by atoms with Crippen molar-refractivity contribution in [1.82, 2.24) is 0 Å². The van der Waals surface area contributed by atoms with Gasteiger partial charge in [0.25, 0.3) is 0 Å². The van der Waals surface area contributed by atoms with Gasteiger partial charge in [-0.25, -0.2) is 0 Å². The summed E-state index contributed by atoms with van der Waals surface area (Å²) in [6.07, 6.45) is 7.27. The normalized spacial score (nSPS) is 17.4. The molecule has 0 aromatic rings. The van der Waals surface area contributed by atoms with E-state index in [2.05, 4.69) is 0 Å². The van der Waals surface area contributed by atoms with E-state index in [4.69, 9.17) is 4.74 Å². The van der Waals surface area contributed by atoms with Crippen molar-refractivity contribution in [3.8, 4) is 0 Å². The fourth-order valence-electron chi connectivity index (χ4n) is 1.91. The molecule has 0 N–H and O–H groups in total. The Labute approximate surface area is 91.2 Å². The SMILES string of the molecule is CC(=O)CCCC(=O)OC1CCCCC1. The lowest BCUT2D eigenvalue weighted by Gasteiger charge is -2.21. The van der Waals surface area contributed by atoms with Gasteiger partial charge in [-0.2, -0.15) is 0 Å². The zero-order valence-electron chi connectivity index (χ0n) is 9.46. The third-order valence-corrected chi connectivity index (χ3v) is 2.76. The average molecular weight is 212 g/mol. The number of rotatable bonds is 5. The summed E-state index contributed by atoms with van der Waals surface area (Å²) in [5.41, 5.74) is 0. The van der Waals surface area contributed by atoms with Gasteiger partial charge >= 0.3 is 5.97 Å². The molecule has 0 spiro atoms. The molecule has 0 unspecified atom stereocenters.